The number of carbonyl (C=O) groups excluding carboxylic acids is 2. The fourth-order valence-electron chi connectivity index (χ4n) is 2.11. The van der Waals surface area contributed by atoms with E-state index in [-0.39, 0.29) is 6.54 Å². The van der Waals surface area contributed by atoms with Gasteiger partial charge in [0.25, 0.3) is 0 Å². The zero-order valence-electron chi connectivity index (χ0n) is 12.8. The van der Waals surface area contributed by atoms with E-state index in [0.717, 1.165) is 0 Å². The smallest absolute Gasteiger partial charge is 0.309 e. The second-order valence-electron chi connectivity index (χ2n) is 5.05. The van der Waals surface area contributed by atoms with Crippen LogP contribution in [-0.4, -0.2) is 18.4 Å². The van der Waals surface area contributed by atoms with Gasteiger partial charge < -0.3 is 15.1 Å². The largest absolute Gasteiger partial charge is 0.467 e. The molecule has 0 aliphatic heterocycles. The summed E-state index contributed by atoms with van der Waals surface area (Å²) in [6, 6.07) is 9.69. The molecule has 0 radical (unpaired) electrons. The van der Waals surface area contributed by atoms with Crippen molar-refractivity contribution < 1.29 is 14.0 Å². The highest BCUT2D eigenvalue weighted by Crippen LogP contribution is 2.29. The summed E-state index contributed by atoms with van der Waals surface area (Å²) in [7, 11) is 0. The molecule has 0 bridgehead atoms. The van der Waals surface area contributed by atoms with Crippen LogP contribution in [0.3, 0.4) is 0 Å². The molecule has 0 unspecified atom stereocenters. The average molecular weight is 360 g/mol. The molecule has 3 heterocycles. The molecule has 0 spiro atoms. The second kappa shape index (κ2) is 7.94. The monoisotopic (exact) mass is 360 g/mol. The summed E-state index contributed by atoms with van der Waals surface area (Å²) in [6.07, 6.45) is 2.22. The summed E-state index contributed by atoms with van der Waals surface area (Å²) in [5.41, 5.74) is 1.22. The lowest BCUT2D eigenvalue weighted by atomic mass is 10.3. The molecule has 0 saturated carbocycles. The van der Waals surface area contributed by atoms with Crippen molar-refractivity contribution in [2.45, 2.75) is 13.0 Å². The lowest BCUT2D eigenvalue weighted by molar-refractivity contribution is -0.139. The van der Waals surface area contributed by atoms with Gasteiger partial charge in [0.15, 0.2) is 0 Å². The van der Waals surface area contributed by atoms with Crippen LogP contribution in [0.15, 0.2) is 51.8 Å². The van der Waals surface area contributed by atoms with Gasteiger partial charge >= 0.3 is 11.8 Å². The van der Waals surface area contributed by atoms with Crippen LogP contribution in [0, 0.1) is 0 Å². The summed E-state index contributed by atoms with van der Waals surface area (Å²) < 4.78 is 5.09. The highest BCUT2D eigenvalue weighted by atomic mass is 32.1. The summed E-state index contributed by atoms with van der Waals surface area (Å²) >= 11 is 3.37. The van der Waals surface area contributed by atoms with Gasteiger partial charge in [0, 0.05) is 21.9 Å². The molecule has 2 N–H and O–H groups in total. The zero-order chi connectivity index (χ0) is 16.8. The fourth-order valence-corrected chi connectivity index (χ4v) is 3.85. The quantitative estimate of drug-likeness (QED) is 0.664. The molecule has 0 aliphatic rings. The molecule has 7 heteroatoms. The first-order chi connectivity index (χ1) is 11.7. The van der Waals surface area contributed by atoms with Crippen LogP contribution in [0.5, 0.6) is 0 Å². The molecule has 3 aromatic heterocycles. The van der Waals surface area contributed by atoms with E-state index >= 15 is 0 Å². The minimum atomic E-state index is -0.656. The molecular formula is C17H16N2O3S2. The maximum atomic E-state index is 11.7. The molecule has 0 fully saturated rings. The summed E-state index contributed by atoms with van der Waals surface area (Å²) in [5, 5.41) is 9.31. The van der Waals surface area contributed by atoms with Crippen molar-refractivity contribution in [3.8, 4) is 10.4 Å². The van der Waals surface area contributed by atoms with Crippen molar-refractivity contribution in [2.75, 3.05) is 6.54 Å². The Balaban J connectivity index is 1.41. The van der Waals surface area contributed by atoms with Crippen LogP contribution in [0.1, 0.15) is 10.6 Å². The Hall–Kier alpha value is -2.38. The van der Waals surface area contributed by atoms with Crippen molar-refractivity contribution in [3.05, 3.63) is 58.0 Å². The van der Waals surface area contributed by atoms with Crippen molar-refractivity contribution in [2.24, 2.45) is 0 Å². The fraction of sp³-hybridized carbons (Fsp3) is 0.176. The van der Waals surface area contributed by atoms with Crippen LogP contribution in [-0.2, 0) is 22.6 Å². The van der Waals surface area contributed by atoms with Gasteiger partial charge in [-0.25, -0.2) is 0 Å². The topological polar surface area (TPSA) is 71.3 Å². The molecule has 0 saturated heterocycles. The highest BCUT2D eigenvalue weighted by Gasteiger charge is 2.13. The van der Waals surface area contributed by atoms with Crippen molar-refractivity contribution in [3.63, 3.8) is 0 Å². The molecule has 0 atom stereocenters. The normalized spacial score (nSPS) is 10.5. The molecule has 0 aliphatic carbocycles. The van der Waals surface area contributed by atoms with Crippen molar-refractivity contribution in [1.29, 1.82) is 0 Å². The van der Waals surface area contributed by atoms with E-state index in [2.05, 4.69) is 39.6 Å². The molecule has 3 rings (SSSR count). The van der Waals surface area contributed by atoms with Gasteiger partial charge in [0.05, 0.1) is 12.8 Å². The van der Waals surface area contributed by atoms with Crippen LogP contribution in [0.4, 0.5) is 0 Å². The third-order valence-electron chi connectivity index (χ3n) is 3.33. The van der Waals surface area contributed by atoms with Crippen LogP contribution in [0.2, 0.25) is 0 Å². The molecule has 3 aromatic rings. The van der Waals surface area contributed by atoms with Gasteiger partial charge in [-0.05, 0) is 47.5 Å². The van der Waals surface area contributed by atoms with E-state index in [9.17, 15) is 9.59 Å². The Kier molecular flexibility index (Phi) is 5.45. The van der Waals surface area contributed by atoms with Gasteiger partial charge in [0.1, 0.15) is 5.76 Å². The van der Waals surface area contributed by atoms with Gasteiger partial charge in [-0.15, -0.1) is 11.3 Å². The Labute approximate surface area is 147 Å². The van der Waals surface area contributed by atoms with E-state index in [4.69, 9.17) is 4.42 Å². The van der Waals surface area contributed by atoms with Crippen LogP contribution in [0.25, 0.3) is 10.4 Å². The molecule has 2 amide bonds. The Morgan fingerprint density at radius 2 is 1.96 bits per heavy atom. The number of hydrogen-bond acceptors (Lipinski definition) is 5. The first kappa shape index (κ1) is 16.5. The molecule has 24 heavy (non-hydrogen) atoms. The predicted molar refractivity (Wildman–Crippen MR) is 94.9 cm³/mol. The SMILES string of the molecule is O=C(NCCc1ccc(-c2ccsc2)s1)C(=O)NCc1ccco1. The predicted octanol–water partition coefficient (Wildman–Crippen LogP) is 3.04. The molecule has 5 nitrogen and oxygen atoms in total. The number of furan rings is 1. The van der Waals surface area contributed by atoms with E-state index in [1.165, 1.54) is 21.6 Å². The molecule has 124 valence electrons. The van der Waals surface area contributed by atoms with Crippen molar-refractivity contribution >= 4 is 34.5 Å². The third kappa shape index (κ3) is 4.33. The number of carbonyl (C=O) groups is 2. The molecule has 0 aromatic carbocycles. The van der Waals surface area contributed by atoms with E-state index in [1.807, 2.05) is 0 Å². The minimum Gasteiger partial charge on any atom is -0.467 e. The minimum absolute atomic E-state index is 0.203. The Morgan fingerprint density at radius 1 is 1.08 bits per heavy atom. The number of amides is 2. The van der Waals surface area contributed by atoms with Crippen LogP contribution < -0.4 is 10.6 Å². The number of rotatable bonds is 6. The standard InChI is InChI=1S/C17H16N2O3S2/c20-16(17(21)19-10-13-2-1-8-22-13)18-7-5-14-3-4-15(24-14)12-6-9-23-11-12/h1-4,6,8-9,11H,5,7,10H2,(H,18,20)(H,19,21). The number of nitrogens with one attached hydrogen (secondary N) is 2. The average Bonchev–Trinajstić information content (AvgIpc) is 3.33. The van der Waals surface area contributed by atoms with Gasteiger partial charge in [-0.3, -0.25) is 9.59 Å². The van der Waals surface area contributed by atoms with Crippen LogP contribution >= 0.6 is 22.7 Å². The lowest BCUT2D eigenvalue weighted by Crippen LogP contribution is -2.40. The third-order valence-corrected chi connectivity index (χ3v) is 5.21. The summed E-state index contributed by atoms with van der Waals surface area (Å²) in [4.78, 5) is 25.8. The summed E-state index contributed by atoms with van der Waals surface area (Å²) in [5.74, 6) is -0.677. The Bertz CT molecular complexity index is 792. The number of thiophene rings is 2. The van der Waals surface area contributed by atoms with Gasteiger partial charge in [0.2, 0.25) is 0 Å². The zero-order valence-corrected chi connectivity index (χ0v) is 14.4. The molecular weight excluding hydrogens is 344 g/mol. The van der Waals surface area contributed by atoms with E-state index < -0.39 is 11.8 Å². The highest BCUT2D eigenvalue weighted by molar-refractivity contribution is 7.16. The lowest BCUT2D eigenvalue weighted by Gasteiger charge is -2.04. The van der Waals surface area contributed by atoms with Gasteiger partial charge in [-0.1, -0.05) is 0 Å². The van der Waals surface area contributed by atoms with E-state index in [0.29, 0.717) is 18.7 Å². The second-order valence-corrected chi connectivity index (χ2v) is 6.99. The van der Waals surface area contributed by atoms with Gasteiger partial charge in [-0.2, -0.15) is 11.3 Å². The maximum Gasteiger partial charge on any atom is 0.309 e. The first-order valence-electron chi connectivity index (χ1n) is 7.42. The Morgan fingerprint density at radius 3 is 2.71 bits per heavy atom. The number of hydrogen-bond donors (Lipinski definition) is 2. The van der Waals surface area contributed by atoms with Crippen molar-refractivity contribution in [1.82, 2.24) is 10.6 Å². The van der Waals surface area contributed by atoms with E-state index in [1.54, 1.807) is 34.8 Å². The maximum absolute atomic E-state index is 11.7. The summed E-state index contributed by atoms with van der Waals surface area (Å²) in [6.45, 7) is 0.630. The first-order valence-corrected chi connectivity index (χ1v) is 9.18.